The van der Waals surface area contributed by atoms with Gasteiger partial charge in [0.05, 0.1) is 0 Å². The Labute approximate surface area is 317 Å². The molecule has 0 N–H and O–H groups in total. The van der Waals surface area contributed by atoms with E-state index in [-0.39, 0.29) is 31.1 Å². The fraction of sp³-hybridized carbons (Fsp3) is 0.933. The number of carbonyl (C=O) groups is 3. The first kappa shape index (κ1) is 49.4. The van der Waals surface area contributed by atoms with Crippen LogP contribution < -0.4 is 0 Å². The number of unbranched alkanes of at least 4 members (excludes halogenated alkanes) is 24. The lowest BCUT2D eigenvalue weighted by atomic mass is 10.0. The predicted octanol–water partition coefficient (Wildman–Crippen LogP) is 13.8. The molecule has 6 nitrogen and oxygen atoms in total. The van der Waals surface area contributed by atoms with Crippen molar-refractivity contribution in [2.75, 3.05) is 13.2 Å². The van der Waals surface area contributed by atoms with Crippen molar-refractivity contribution >= 4 is 17.9 Å². The van der Waals surface area contributed by atoms with Crippen LogP contribution in [0, 0.1) is 11.8 Å². The highest BCUT2D eigenvalue weighted by atomic mass is 16.6. The van der Waals surface area contributed by atoms with Crippen LogP contribution in [-0.4, -0.2) is 37.2 Å². The van der Waals surface area contributed by atoms with Crippen LogP contribution in [0.25, 0.3) is 0 Å². The summed E-state index contributed by atoms with van der Waals surface area (Å²) in [5.74, 6) is 0.738. The van der Waals surface area contributed by atoms with Crippen molar-refractivity contribution in [1.82, 2.24) is 0 Å². The summed E-state index contributed by atoms with van der Waals surface area (Å²) < 4.78 is 16.6. The molecule has 0 unspecified atom stereocenters. The summed E-state index contributed by atoms with van der Waals surface area (Å²) in [4.78, 5) is 37.5. The average Bonchev–Trinajstić information content (AvgIpc) is 3.09. The fourth-order valence-corrected chi connectivity index (χ4v) is 6.58. The summed E-state index contributed by atoms with van der Waals surface area (Å²) in [6.45, 7) is 11.2. The largest absolute Gasteiger partial charge is 0.462 e. The molecule has 0 bridgehead atoms. The standard InChI is InChI=1S/C45H86O6/c1-6-7-8-9-18-25-30-35-43(46)49-38-42(39-50-44(47)36-31-26-22-21-24-29-34-41(4)5)51-45(48)37-32-27-20-17-15-13-11-10-12-14-16-19-23-28-33-40(2)3/h40-42H,6-39H2,1-5H3/t42-/m1/s1. The van der Waals surface area contributed by atoms with Crippen LogP contribution in [0.15, 0.2) is 0 Å². The van der Waals surface area contributed by atoms with Gasteiger partial charge < -0.3 is 14.2 Å². The Morgan fingerprint density at radius 3 is 0.961 bits per heavy atom. The molecule has 0 aromatic carbocycles. The van der Waals surface area contributed by atoms with Crippen molar-refractivity contribution in [1.29, 1.82) is 0 Å². The van der Waals surface area contributed by atoms with Gasteiger partial charge >= 0.3 is 17.9 Å². The average molecular weight is 723 g/mol. The molecule has 0 spiro atoms. The zero-order chi connectivity index (χ0) is 37.6. The third kappa shape index (κ3) is 39.5. The summed E-state index contributed by atoms with van der Waals surface area (Å²) in [6, 6.07) is 0. The highest BCUT2D eigenvalue weighted by Crippen LogP contribution is 2.16. The zero-order valence-corrected chi connectivity index (χ0v) is 34.7. The molecule has 6 heteroatoms. The molecule has 302 valence electrons. The van der Waals surface area contributed by atoms with Crippen LogP contribution in [-0.2, 0) is 28.6 Å². The minimum atomic E-state index is -0.759. The lowest BCUT2D eigenvalue weighted by Gasteiger charge is -2.18. The second-order valence-electron chi connectivity index (χ2n) is 16.3. The molecule has 0 aliphatic heterocycles. The van der Waals surface area contributed by atoms with Crippen LogP contribution in [0.4, 0.5) is 0 Å². The Kier molecular flexibility index (Phi) is 37.0. The minimum absolute atomic E-state index is 0.0664. The van der Waals surface area contributed by atoms with Crippen LogP contribution in [0.5, 0.6) is 0 Å². The molecule has 0 fully saturated rings. The number of carbonyl (C=O) groups excluding carboxylic acids is 3. The monoisotopic (exact) mass is 723 g/mol. The molecule has 0 aliphatic rings. The third-order valence-electron chi connectivity index (χ3n) is 9.97. The predicted molar refractivity (Wildman–Crippen MR) is 215 cm³/mol. The Morgan fingerprint density at radius 1 is 0.373 bits per heavy atom. The molecule has 0 amide bonds. The van der Waals surface area contributed by atoms with E-state index in [1.165, 1.54) is 128 Å². The van der Waals surface area contributed by atoms with Gasteiger partial charge in [0.2, 0.25) is 0 Å². The smallest absolute Gasteiger partial charge is 0.306 e. The molecule has 0 radical (unpaired) electrons. The fourth-order valence-electron chi connectivity index (χ4n) is 6.58. The molecule has 0 saturated heterocycles. The minimum Gasteiger partial charge on any atom is -0.462 e. The lowest BCUT2D eigenvalue weighted by Crippen LogP contribution is -2.30. The molecular formula is C45H86O6. The molecular weight excluding hydrogens is 636 g/mol. The van der Waals surface area contributed by atoms with E-state index >= 15 is 0 Å². The number of hydrogen-bond donors (Lipinski definition) is 0. The molecule has 0 rings (SSSR count). The Hall–Kier alpha value is -1.59. The topological polar surface area (TPSA) is 78.9 Å². The molecule has 0 heterocycles. The molecule has 1 atom stereocenters. The summed E-state index contributed by atoms with van der Waals surface area (Å²) in [5, 5.41) is 0. The van der Waals surface area contributed by atoms with Crippen LogP contribution in [0.2, 0.25) is 0 Å². The first-order valence-corrected chi connectivity index (χ1v) is 22.2. The van der Waals surface area contributed by atoms with Gasteiger partial charge in [-0.25, -0.2) is 0 Å². The Morgan fingerprint density at radius 2 is 0.647 bits per heavy atom. The van der Waals surface area contributed by atoms with Gasteiger partial charge in [-0.3, -0.25) is 14.4 Å². The van der Waals surface area contributed by atoms with E-state index in [1.54, 1.807) is 0 Å². The number of esters is 3. The molecule has 0 aliphatic carbocycles. The summed E-state index contributed by atoms with van der Waals surface area (Å²) in [5.41, 5.74) is 0. The van der Waals surface area contributed by atoms with Gasteiger partial charge in [0, 0.05) is 19.3 Å². The van der Waals surface area contributed by atoms with E-state index in [0.29, 0.717) is 19.3 Å². The van der Waals surface area contributed by atoms with Crippen molar-refractivity contribution in [2.45, 2.75) is 246 Å². The van der Waals surface area contributed by atoms with E-state index in [1.807, 2.05) is 0 Å². The van der Waals surface area contributed by atoms with Gasteiger partial charge in [-0.05, 0) is 31.1 Å². The van der Waals surface area contributed by atoms with Gasteiger partial charge in [0.1, 0.15) is 13.2 Å². The summed E-state index contributed by atoms with van der Waals surface area (Å²) in [7, 11) is 0. The molecule has 51 heavy (non-hydrogen) atoms. The maximum atomic E-state index is 12.7. The summed E-state index contributed by atoms with van der Waals surface area (Å²) in [6.07, 6.45) is 35.4. The lowest BCUT2D eigenvalue weighted by molar-refractivity contribution is -0.167. The van der Waals surface area contributed by atoms with E-state index in [0.717, 1.165) is 69.6 Å². The second-order valence-corrected chi connectivity index (χ2v) is 16.3. The SMILES string of the molecule is CCCCCCCCCC(=O)OC[C@H](COC(=O)CCCCCCCCC(C)C)OC(=O)CCCCCCCCCCCCCCCCC(C)C. The number of hydrogen-bond acceptors (Lipinski definition) is 6. The first-order valence-electron chi connectivity index (χ1n) is 22.2. The highest BCUT2D eigenvalue weighted by molar-refractivity contribution is 5.71. The van der Waals surface area contributed by atoms with E-state index in [2.05, 4.69) is 34.6 Å². The van der Waals surface area contributed by atoms with Gasteiger partial charge in [0.25, 0.3) is 0 Å². The normalized spacial score (nSPS) is 12.1. The maximum absolute atomic E-state index is 12.7. The van der Waals surface area contributed by atoms with E-state index < -0.39 is 6.10 Å². The highest BCUT2D eigenvalue weighted by Gasteiger charge is 2.19. The van der Waals surface area contributed by atoms with E-state index in [4.69, 9.17) is 14.2 Å². The molecule has 0 aromatic heterocycles. The maximum Gasteiger partial charge on any atom is 0.306 e. The number of rotatable bonds is 39. The van der Waals surface area contributed by atoms with Gasteiger partial charge in [0.15, 0.2) is 6.10 Å². The number of ether oxygens (including phenoxy) is 3. The Balaban J connectivity index is 4.23. The van der Waals surface area contributed by atoms with Crippen LogP contribution in [0.3, 0.4) is 0 Å². The van der Waals surface area contributed by atoms with Gasteiger partial charge in [-0.15, -0.1) is 0 Å². The molecule has 0 aromatic rings. The summed E-state index contributed by atoms with van der Waals surface area (Å²) >= 11 is 0. The van der Waals surface area contributed by atoms with Crippen LogP contribution in [0.1, 0.15) is 240 Å². The van der Waals surface area contributed by atoms with Crippen molar-refractivity contribution < 1.29 is 28.6 Å². The quantitative estimate of drug-likeness (QED) is 0.0357. The molecule has 0 saturated carbocycles. The van der Waals surface area contributed by atoms with Gasteiger partial charge in [-0.2, -0.15) is 0 Å². The van der Waals surface area contributed by atoms with E-state index in [9.17, 15) is 14.4 Å². The van der Waals surface area contributed by atoms with Crippen molar-refractivity contribution in [3.8, 4) is 0 Å². The Bertz CT molecular complexity index is 779. The van der Waals surface area contributed by atoms with Crippen LogP contribution >= 0.6 is 0 Å². The van der Waals surface area contributed by atoms with Crippen molar-refractivity contribution in [2.24, 2.45) is 11.8 Å². The second kappa shape index (κ2) is 38.1. The third-order valence-corrected chi connectivity index (χ3v) is 9.97. The van der Waals surface area contributed by atoms with Gasteiger partial charge in [-0.1, -0.05) is 202 Å². The first-order chi connectivity index (χ1) is 24.7. The van der Waals surface area contributed by atoms with Crippen molar-refractivity contribution in [3.63, 3.8) is 0 Å². The van der Waals surface area contributed by atoms with Crippen molar-refractivity contribution in [3.05, 3.63) is 0 Å². The zero-order valence-electron chi connectivity index (χ0n) is 34.7.